The Kier molecular flexibility index (Phi) is 20.8. The van der Waals surface area contributed by atoms with Crippen molar-refractivity contribution < 1.29 is 9.12 Å². The van der Waals surface area contributed by atoms with E-state index in [4.69, 9.17) is 15.0 Å². The van der Waals surface area contributed by atoms with Gasteiger partial charge in [0.05, 0.1) is 95.7 Å². The van der Waals surface area contributed by atoms with Gasteiger partial charge in [-0.15, -0.1) is 0 Å². The minimum Gasteiger partial charge on any atom is -0.619 e. The number of fused-ring (bicyclic) bond motifs is 6. The predicted molar refractivity (Wildman–Crippen MR) is 427 cm³/mol. The summed E-state index contributed by atoms with van der Waals surface area (Å²) in [6, 6.07) is 63.0. The van der Waals surface area contributed by atoms with Crippen LogP contribution in [0.15, 0.2) is 270 Å². The van der Waals surface area contributed by atoms with Gasteiger partial charge in [-0.25, -0.2) is 34.3 Å². The smallest absolute Gasteiger partial charge is 0.185 e. The average Bonchev–Trinajstić information content (AvgIpc) is 1.75. The molecule has 27 heteroatoms. The summed E-state index contributed by atoms with van der Waals surface area (Å²) in [5.41, 5.74) is 20.5. The molecule has 0 atom stereocenters. The molecule has 18 rings (SSSR count). The Morgan fingerprint density at radius 3 is 1.57 bits per heavy atom. The van der Waals surface area contributed by atoms with Crippen LogP contribution in [0.2, 0.25) is 0 Å². The Labute approximate surface area is 637 Å². The molecule has 6 aromatic carbocycles. The van der Waals surface area contributed by atoms with Gasteiger partial charge in [-0.3, -0.25) is 4.98 Å². The predicted octanol–water partition coefficient (Wildman–Crippen LogP) is 17.1. The molecular weight excluding hydrogens is 1540 g/mol. The quantitative estimate of drug-likeness (QED) is 0.0419. The van der Waals surface area contributed by atoms with Gasteiger partial charge >= 0.3 is 0 Å². The third-order valence-electron chi connectivity index (χ3n) is 17.7. The first-order valence-electron chi connectivity index (χ1n) is 34.1. The normalized spacial score (nSPS) is 11.2. The lowest BCUT2D eigenvalue weighted by molar-refractivity contribution is -0.605. The zero-order chi connectivity index (χ0) is 73.3. The maximum absolute atomic E-state index is 14.3. The summed E-state index contributed by atoms with van der Waals surface area (Å²) in [5, 5.41) is 42.9. The fourth-order valence-corrected chi connectivity index (χ4v) is 13.2. The molecule has 0 spiro atoms. The molecule has 5 N–H and O–H groups in total. The van der Waals surface area contributed by atoms with E-state index < -0.39 is 0 Å². The highest BCUT2D eigenvalue weighted by atomic mass is 79.9. The fourth-order valence-electron chi connectivity index (χ4n) is 12.2. The van der Waals surface area contributed by atoms with Crippen LogP contribution in [0.5, 0.6) is 0 Å². The lowest BCUT2D eigenvalue weighted by Gasteiger charge is -2.12. The number of halogens is 4. The van der Waals surface area contributed by atoms with E-state index in [1.165, 1.54) is 12.3 Å². The SMILES string of the molecule is CCc1cnn2c(NCc3cccnc3)cc(-c3ccccc3)nc12.Cc1ccccc1-c1cc(NCc2ccc[n+]([O-])c2)n2ncc(Br)c2n1.Cn1cnc2cc(CNc3cc(-c4ccccc4)nc4c(Br)cnn34)ccc21.Fc1ccccc1-c1cc(NCc2ccc3nc[nH]c3c2)n2ncc(Br)c2n1. The number of aromatic nitrogens is 18. The lowest BCUT2D eigenvalue weighted by Crippen LogP contribution is -2.25. The molecule has 0 aliphatic carbocycles. The van der Waals surface area contributed by atoms with Crippen molar-refractivity contribution in [1.29, 1.82) is 0 Å². The minimum absolute atomic E-state index is 0.314. The number of aromatic amines is 1. The van der Waals surface area contributed by atoms with Crippen LogP contribution in [0, 0.1) is 17.9 Å². The molecule has 0 unspecified atom stereocenters. The van der Waals surface area contributed by atoms with Gasteiger partial charge in [-0.05, 0) is 132 Å². The van der Waals surface area contributed by atoms with Crippen LogP contribution in [-0.2, 0) is 39.6 Å². The van der Waals surface area contributed by atoms with Crippen molar-refractivity contribution in [3.8, 4) is 45.0 Å². The Hall–Kier alpha value is -12.6. The number of benzene rings is 6. The van der Waals surface area contributed by atoms with E-state index in [1.54, 1.807) is 76.7 Å². The fraction of sp³-hybridized carbons (Fsp3) is 0.100. The monoisotopic (exact) mass is 1610 g/mol. The van der Waals surface area contributed by atoms with Crippen LogP contribution >= 0.6 is 47.8 Å². The molecular formula is C80H66Br3FN22O. The van der Waals surface area contributed by atoms with Gasteiger partial charge in [0.1, 0.15) is 29.1 Å². The number of nitrogens with zero attached hydrogens (tertiary/aromatic N) is 17. The molecule has 0 saturated carbocycles. The zero-order valence-electron chi connectivity index (χ0n) is 57.8. The first kappa shape index (κ1) is 70.1. The molecule has 18 aromatic rings. The van der Waals surface area contributed by atoms with E-state index >= 15 is 0 Å². The Bertz CT molecular complexity index is 6160. The van der Waals surface area contributed by atoms with Crippen LogP contribution in [0.1, 0.15) is 40.3 Å². The maximum Gasteiger partial charge on any atom is 0.185 e. The van der Waals surface area contributed by atoms with Crippen LogP contribution in [0.25, 0.3) is 89.7 Å². The van der Waals surface area contributed by atoms with Crippen LogP contribution in [0.3, 0.4) is 0 Å². The molecule has 0 aliphatic rings. The number of hydrogen-bond donors (Lipinski definition) is 5. The third-order valence-corrected chi connectivity index (χ3v) is 19.3. The van der Waals surface area contributed by atoms with Crippen LogP contribution in [0.4, 0.5) is 27.7 Å². The molecule has 0 saturated heterocycles. The van der Waals surface area contributed by atoms with E-state index in [1.807, 2.05) is 136 Å². The number of aryl methyl sites for hydroxylation is 3. The highest BCUT2D eigenvalue weighted by Crippen LogP contribution is 2.32. The molecule has 12 aromatic heterocycles. The first-order valence-corrected chi connectivity index (χ1v) is 36.5. The van der Waals surface area contributed by atoms with Crippen molar-refractivity contribution in [3.05, 3.63) is 314 Å². The highest BCUT2D eigenvalue weighted by Gasteiger charge is 2.18. The van der Waals surface area contributed by atoms with Gasteiger partial charge in [0.2, 0.25) is 0 Å². The number of pyridine rings is 2. The van der Waals surface area contributed by atoms with E-state index in [-0.39, 0.29) is 5.82 Å². The van der Waals surface area contributed by atoms with Crippen molar-refractivity contribution in [3.63, 3.8) is 0 Å². The molecule has 23 nitrogen and oxygen atoms in total. The standard InChI is InChI=1S/C21H17BrN6.C20H14BrFN6.C20H19N5.C19H16BrN5O/c1-27-13-24-18-9-14(7-8-19(18)27)11-23-20-10-17(15-5-3-2-4-6-15)26-21-16(22)12-25-28(20)21;21-14-10-26-28-19(23-9-12-5-6-16-18(7-12)25-11-24-16)8-17(27-20(14)28)13-3-1-2-4-15(13)22;1-2-16-14-23-25-19(22-13-15-7-6-10-21-12-15)11-18(24-20(16)25)17-8-4-3-5-9-17;1-13-5-2-3-7-15(13)17-9-18(25-19(23-17)16(20)11-22-25)21-10-14-6-4-8-24(26)12-14/h2-10,12-13,23H,11H2,1H3;1-8,10-11,23H,9H2,(H,24,25);3-12,14,22H,2,13H2,1H3;2-9,11-12,21H,10H2,1H3. The summed E-state index contributed by atoms with van der Waals surface area (Å²) in [6.45, 7) is 6.61. The van der Waals surface area contributed by atoms with Crippen LogP contribution in [-0.4, -0.2) is 82.9 Å². The molecule has 0 fully saturated rings. The Balaban J connectivity index is 0.000000114. The number of imidazole rings is 2. The van der Waals surface area contributed by atoms with Crippen molar-refractivity contribution in [1.82, 2.24) is 82.9 Å². The average molecular weight is 1610 g/mol. The van der Waals surface area contributed by atoms with Crippen molar-refractivity contribution in [2.24, 2.45) is 7.05 Å². The zero-order valence-corrected chi connectivity index (χ0v) is 62.6. The third kappa shape index (κ3) is 15.8. The number of H-pyrrole nitrogens is 1. The van der Waals surface area contributed by atoms with Crippen molar-refractivity contribution in [2.75, 3.05) is 21.3 Å². The first-order chi connectivity index (χ1) is 52.3. The van der Waals surface area contributed by atoms with Gasteiger partial charge in [0.25, 0.3) is 0 Å². The van der Waals surface area contributed by atoms with Crippen LogP contribution < -0.4 is 26.0 Å². The number of nitrogens with one attached hydrogen (secondary N) is 5. The topological polar surface area (TPSA) is 255 Å². The molecule has 0 bridgehead atoms. The second-order valence-electron chi connectivity index (χ2n) is 24.9. The van der Waals surface area contributed by atoms with Gasteiger partial charge < -0.3 is 36.0 Å². The van der Waals surface area contributed by atoms with Crippen molar-refractivity contribution in [2.45, 2.75) is 46.4 Å². The van der Waals surface area contributed by atoms with Gasteiger partial charge in [0.15, 0.2) is 35.0 Å². The van der Waals surface area contributed by atoms with Gasteiger partial charge in [-0.1, -0.05) is 122 Å². The molecule has 530 valence electrons. The molecule has 107 heavy (non-hydrogen) atoms. The Morgan fingerprint density at radius 2 is 0.981 bits per heavy atom. The van der Waals surface area contributed by atoms with E-state index in [9.17, 15) is 9.60 Å². The lowest BCUT2D eigenvalue weighted by atomic mass is 10.1. The summed E-state index contributed by atoms with van der Waals surface area (Å²) in [7, 11) is 2.00. The Morgan fingerprint density at radius 1 is 0.477 bits per heavy atom. The van der Waals surface area contributed by atoms with Gasteiger partial charge in [-0.2, -0.15) is 43.2 Å². The highest BCUT2D eigenvalue weighted by molar-refractivity contribution is 9.11. The summed E-state index contributed by atoms with van der Waals surface area (Å²) < 4.78 is 26.7. The van der Waals surface area contributed by atoms with E-state index in [0.717, 1.165) is 154 Å². The summed E-state index contributed by atoms with van der Waals surface area (Å²) in [4.78, 5) is 34.9. The van der Waals surface area contributed by atoms with Gasteiger partial charge in [0, 0.05) is 109 Å². The number of anilines is 4. The summed E-state index contributed by atoms with van der Waals surface area (Å²) >= 11 is 10.5. The largest absolute Gasteiger partial charge is 0.619 e. The maximum atomic E-state index is 14.3. The second-order valence-corrected chi connectivity index (χ2v) is 27.4. The van der Waals surface area contributed by atoms with E-state index in [0.29, 0.717) is 43.1 Å². The molecule has 12 heterocycles. The van der Waals surface area contributed by atoms with E-state index in [2.05, 4.69) is 189 Å². The second kappa shape index (κ2) is 31.8. The molecule has 0 radical (unpaired) electrons. The molecule has 0 aliphatic heterocycles. The number of rotatable bonds is 17. The number of hydrogen-bond acceptors (Lipinski definition) is 16. The summed E-state index contributed by atoms with van der Waals surface area (Å²) in [6.07, 6.45) is 18.1. The molecule has 0 amide bonds. The minimum atomic E-state index is -0.314. The van der Waals surface area contributed by atoms with Crippen molar-refractivity contribution >= 4 is 116 Å². The summed E-state index contributed by atoms with van der Waals surface area (Å²) in [5.74, 6) is 3.02.